The highest BCUT2D eigenvalue weighted by Crippen LogP contribution is 2.30. The Labute approximate surface area is 170 Å². The number of aryl methyl sites for hydroxylation is 1. The minimum Gasteiger partial charge on any atom is -0.448 e. The Morgan fingerprint density at radius 2 is 1.93 bits per heavy atom. The number of thiophene rings is 1. The number of ether oxygens (including phenoxy) is 1. The van der Waals surface area contributed by atoms with Crippen molar-refractivity contribution in [2.24, 2.45) is 0 Å². The fraction of sp³-hybridized carbons (Fsp3) is 0.200. The van der Waals surface area contributed by atoms with Gasteiger partial charge < -0.3 is 10.1 Å². The molecule has 0 aliphatic heterocycles. The van der Waals surface area contributed by atoms with E-state index in [0.29, 0.717) is 21.8 Å². The van der Waals surface area contributed by atoms with Gasteiger partial charge >= 0.3 is 5.97 Å². The van der Waals surface area contributed by atoms with E-state index in [1.165, 1.54) is 25.2 Å². The second-order valence-electron chi connectivity index (χ2n) is 6.08. The molecule has 1 aromatic carbocycles. The van der Waals surface area contributed by atoms with E-state index >= 15 is 0 Å². The van der Waals surface area contributed by atoms with Crippen LogP contribution in [0.2, 0.25) is 0 Å². The molecule has 28 heavy (non-hydrogen) atoms. The third kappa shape index (κ3) is 4.35. The van der Waals surface area contributed by atoms with Crippen molar-refractivity contribution in [3.63, 3.8) is 0 Å². The molecule has 0 bridgehead atoms. The fourth-order valence-corrected chi connectivity index (χ4v) is 4.16. The minimum atomic E-state index is -1.03. The van der Waals surface area contributed by atoms with Gasteiger partial charge in [-0.1, -0.05) is 12.1 Å². The molecular weight excluding hydrogens is 396 g/mol. The van der Waals surface area contributed by atoms with Gasteiger partial charge in [-0.2, -0.15) is 11.3 Å². The molecule has 2 aromatic heterocycles. The molecule has 144 valence electrons. The Bertz CT molecular complexity index is 1020. The zero-order valence-corrected chi connectivity index (χ0v) is 17.1. The van der Waals surface area contributed by atoms with Crippen LogP contribution in [0.15, 0.2) is 41.1 Å². The van der Waals surface area contributed by atoms with Crippen molar-refractivity contribution in [3.05, 3.63) is 57.2 Å². The topological polar surface area (TPSA) is 85.4 Å². The summed E-state index contributed by atoms with van der Waals surface area (Å²) in [5, 5.41) is 7.27. The maximum atomic E-state index is 12.5. The number of amides is 1. The van der Waals surface area contributed by atoms with Gasteiger partial charge in [-0.25, -0.2) is 9.78 Å². The van der Waals surface area contributed by atoms with Crippen LogP contribution in [0.25, 0.3) is 10.6 Å². The quantitative estimate of drug-likeness (QED) is 0.472. The van der Waals surface area contributed by atoms with E-state index in [2.05, 4.69) is 10.3 Å². The zero-order chi connectivity index (χ0) is 20.3. The van der Waals surface area contributed by atoms with Gasteiger partial charge in [0.2, 0.25) is 0 Å². The number of hydrogen-bond donors (Lipinski definition) is 1. The lowest BCUT2D eigenvalue weighted by Gasteiger charge is -2.14. The first-order chi connectivity index (χ1) is 13.4. The summed E-state index contributed by atoms with van der Waals surface area (Å²) in [5.74, 6) is -1.27. The number of para-hydroxylation sites is 1. The number of thiazole rings is 1. The van der Waals surface area contributed by atoms with Crippen molar-refractivity contribution in [3.8, 4) is 10.6 Å². The average molecular weight is 415 g/mol. The highest BCUT2D eigenvalue weighted by Gasteiger charge is 2.24. The summed E-state index contributed by atoms with van der Waals surface area (Å²) in [5.41, 5.74) is 2.29. The van der Waals surface area contributed by atoms with E-state index in [0.717, 1.165) is 10.6 Å². The van der Waals surface area contributed by atoms with Crippen molar-refractivity contribution in [1.29, 1.82) is 0 Å². The van der Waals surface area contributed by atoms with Crippen LogP contribution >= 0.6 is 22.7 Å². The lowest BCUT2D eigenvalue weighted by molar-refractivity contribution is -0.123. The van der Waals surface area contributed by atoms with Crippen molar-refractivity contribution in [1.82, 2.24) is 4.98 Å². The first kappa shape index (κ1) is 19.9. The number of carbonyl (C=O) groups excluding carboxylic acids is 3. The van der Waals surface area contributed by atoms with Crippen molar-refractivity contribution >= 4 is 46.0 Å². The molecule has 0 aliphatic carbocycles. The van der Waals surface area contributed by atoms with Crippen LogP contribution < -0.4 is 5.32 Å². The van der Waals surface area contributed by atoms with E-state index in [4.69, 9.17) is 4.74 Å². The molecular formula is C20H18N2O4S2. The number of Topliss-reactive ketones (excluding diaryl/α,β-unsaturated/α-hetero) is 1. The number of benzene rings is 1. The summed E-state index contributed by atoms with van der Waals surface area (Å²) < 4.78 is 5.32. The number of anilines is 1. The Balaban J connectivity index is 1.69. The van der Waals surface area contributed by atoms with Gasteiger partial charge in [0.1, 0.15) is 9.88 Å². The fourth-order valence-electron chi connectivity index (χ4n) is 2.50. The second kappa shape index (κ2) is 8.45. The molecule has 6 nitrogen and oxygen atoms in total. The minimum absolute atomic E-state index is 0.165. The molecule has 0 saturated heterocycles. The summed E-state index contributed by atoms with van der Waals surface area (Å²) in [6.45, 7) is 4.64. The molecule has 0 aliphatic rings. The number of aromatic nitrogens is 1. The van der Waals surface area contributed by atoms with Gasteiger partial charge in [-0.15, -0.1) is 11.3 Å². The summed E-state index contributed by atoms with van der Waals surface area (Å²) in [7, 11) is 0. The SMILES string of the molecule is CC(=O)c1ccccc1NC(=O)C(C)OC(=O)c1sc(-c2ccsc2)nc1C. The molecule has 1 atom stereocenters. The van der Waals surface area contributed by atoms with Gasteiger partial charge in [-0.3, -0.25) is 9.59 Å². The highest BCUT2D eigenvalue weighted by atomic mass is 32.1. The molecule has 1 N–H and O–H groups in total. The normalized spacial score (nSPS) is 11.7. The number of hydrogen-bond acceptors (Lipinski definition) is 7. The molecule has 1 unspecified atom stereocenters. The van der Waals surface area contributed by atoms with E-state index in [1.54, 1.807) is 42.5 Å². The third-order valence-corrected chi connectivity index (χ3v) is 5.84. The van der Waals surface area contributed by atoms with E-state index in [9.17, 15) is 14.4 Å². The van der Waals surface area contributed by atoms with E-state index in [1.807, 2.05) is 16.8 Å². The van der Waals surface area contributed by atoms with E-state index < -0.39 is 18.0 Å². The highest BCUT2D eigenvalue weighted by molar-refractivity contribution is 7.17. The second-order valence-corrected chi connectivity index (χ2v) is 7.86. The first-order valence-electron chi connectivity index (χ1n) is 8.48. The lowest BCUT2D eigenvalue weighted by Crippen LogP contribution is -2.30. The first-order valence-corrected chi connectivity index (χ1v) is 10.2. The van der Waals surface area contributed by atoms with Crippen LogP contribution in [0, 0.1) is 6.92 Å². The van der Waals surface area contributed by atoms with Crippen molar-refractivity contribution in [2.45, 2.75) is 26.9 Å². The number of nitrogens with zero attached hydrogens (tertiary/aromatic N) is 1. The van der Waals surface area contributed by atoms with Gasteiger partial charge in [-0.05, 0) is 44.4 Å². The standard InChI is InChI=1S/C20H18N2O4S2/c1-11-17(28-19(21-11)14-8-9-27-10-14)20(25)26-13(3)18(24)22-16-7-5-4-6-15(16)12(2)23/h4-10,13H,1-3H3,(H,22,24). The van der Waals surface area contributed by atoms with Crippen LogP contribution in [-0.2, 0) is 9.53 Å². The predicted molar refractivity (Wildman–Crippen MR) is 110 cm³/mol. The molecule has 0 saturated carbocycles. The number of rotatable bonds is 6. The molecule has 3 rings (SSSR count). The van der Waals surface area contributed by atoms with Crippen molar-refractivity contribution < 1.29 is 19.1 Å². The molecule has 0 fully saturated rings. The number of nitrogens with one attached hydrogen (secondary N) is 1. The monoisotopic (exact) mass is 414 g/mol. The van der Waals surface area contributed by atoms with Gasteiger partial charge in [0, 0.05) is 16.5 Å². The van der Waals surface area contributed by atoms with Gasteiger partial charge in [0.15, 0.2) is 11.9 Å². The Hall–Kier alpha value is -2.84. The molecule has 2 heterocycles. The van der Waals surface area contributed by atoms with Crippen LogP contribution in [0.5, 0.6) is 0 Å². The van der Waals surface area contributed by atoms with Gasteiger partial charge in [0.05, 0.1) is 11.4 Å². The average Bonchev–Trinajstić information content (AvgIpc) is 3.31. The molecule has 8 heteroatoms. The maximum absolute atomic E-state index is 12.5. The van der Waals surface area contributed by atoms with E-state index in [-0.39, 0.29) is 5.78 Å². The Morgan fingerprint density at radius 1 is 1.18 bits per heavy atom. The predicted octanol–water partition coefficient (Wildman–Crippen LogP) is 4.57. The molecule has 1 amide bonds. The molecule has 0 radical (unpaired) electrons. The van der Waals surface area contributed by atoms with Crippen LogP contribution in [-0.4, -0.2) is 28.7 Å². The third-order valence-electron chi connectivity index (χ3n) is 3.97. The number of esters is 1. The summed E-state index contributed by atoms with van der Waals surface area (Å²) in [6, 6.07) is 8.62. The summed E-state index contributed by atoms with van der Waals surface area (Å²) in [4.78, 5) is 41.4. The maximum Gasteiger partial charge on any atom is 0.351 e. The van der Waals surface area contributed by atoms with Crippen LogP contribution in [0.4, 0.5) is 5.69 Å². The van der Waals surface area contributed by atoms with Crippen molar-refractivity contribution in [2.75, 3.05) is 5.32 Å². The van der Waals surface area contributed by atoms with Gasteiger partial charge in [0.25, 0.3) is 5.91 Å². The summed E-state index contributed by atoms with van der Waals surface area (Å²) in [6.07, 6.45) is -1.03. The Morgan fingerprint density at radius 3 is 2.61 bits per heavy atom. The molecule has 0 spiro atoms. The lowest BCUT2D eigenvalue weighted by atomic mass is 10.1. The number of ketones is 1. The van der Waals surface area contributed by atoms with Crippen LogP contribution in [0.1, 0.15) is 39.6 Å². The van der Waals surface area contributed by atoms with Crippen LogP contribution in [0.3, 0.4) is 0 Å². The summed E-state index contributed by atoms with van der Waals surface area (Å²) >= 11 is 2.78. The Kier molecular flexibility index (Phi) is 6.01. The molecule has 3 aromatic rings. The number of carbonyl (C=O) groups is 3. The largest absolute Gasteiger partial charge is 0.448 e. The smallest absolute Gasteiger partial charge is 0.351 e. The zero-order valence-electron chi connectivity index (χ0n) is 15.5.